The number of carbonyl (C=O) groups excluding carboxylic acids is 2. The third kappa shape index (κ3) is 3.74. The summed E-state index contributed by atoms with van der Waals surface area (Å²) in [5.41, 5.74) is 2.28. The number of aliphatic hydroxyl groups excluding tert-OH is 1. The summed E-state index contributed by atoms with van der Waals surface area (Å²) in [7, 11) is 3.03. The number of ketones is 1. The molecule has 168 valence electrons. The standard InChI is InChI=1S/C26H29NO5/c1-16-9-7-8-12-19(16)23-22(24(28)20-14-13-18(31-2)15-21(20)32-3)25(29)26(30)27(23)17-10-5-4-6-11-17/h7-9,12-15,17,23,28H,4-6,10-11H2,1-3H3/b24-22+. The van der Waals surface area contributed by atoms with Crippen molar-refractivity contribution in [2.75, 3.05) is 14.2 Å². The van der Waals surface area contributed by atoms with E-state index in [0.29, 0.717) is 17.1 Å². The molecule has 1 saturated heterocycles. The lowest BCUT2D eigenvalue weighted by Gasteiger charge is -2.36. The Balaban J connectivity index is 1.92. The van der Waals surface area contributed by atoms with Gasteiger partial charge in [-0.1, -0.05) is 43.5 Å². The minimum Gasteiger partial charge on any atom is -0.507 e. The van der Waals surface area contributed by atoms with Crippen LogP contribution in [0.15, 0.2) is 48.0 Å². The number of Topliss-reactive ketones (excluding diaryl/α,β-unsaturated/α-hetero) is 1. The molecule has 1 atom stereocenters. The van der Waals surface area contributed by atoms with Gasteiger partial charge in [-0.2, -0.15) is 0 Å². The van der Waals surface area contributed by atoms with Gasteiger partial charge in [0.2, 0.25) is 0 Å². The molecule has 6 heteroatoms. The van der Waals surface area contributed by atoms with Crippen LogP contribution in [0.1, 0.15) is 54.8 Å². The number of carbonyl (C=O) groups is 2. The highest BCUT2D eigenvalue weighted by Gasteiger charge is 2.49. The molecule has 0 aromatic heterocycles. The van der Waals surface area contributed by atoms with E-state index in [1.165, 1.54) is 7.11 Å². The maximum Gasteiger partial charge on any atom is 0.295 e. The summed E-state index contributed by atoms with van der Waals surface area (Å²) in [6.07, 6.45) is 4.92. The Kier molecular flexibility index (Phi) is 6.21. The number of benzene rings is 2. The van der Waals surface area contributed by atoms with E-state index in [1.54, 1.807) is 30.2 Å². The number of hydrogen-bond acceptors (Lipinski definition) is 5. The highest BCUT2D eigenvalue weighted by Crippen LogP contribution is 2.45. The summed E-state index contributed by atoms with van der Waals surface area (Å²) < 4.78 is 10.7. The molecule has 1 saturated carbocycles. The molecule has 2 aromatic carbocycles. The second kappa shape index (κ2) is 9.07. The summed E-state index contributed by atoms with van der Waals surface area (Å²) in [5.74, 6) is -0.487. The van der Waals surface area contributed by atoms with E-state index in [1.807, 2.05) is 31.2 Å². The van der Waals surface area contributed by atoms with Gasteiger partial charge in [-0.3, -0.25) is 9.59 Å². The van der Waals surface area contributed by atoms with Gasteiger partial charge < -0.3 is 19.5 Å². The Morgan fingerprint density at radius 3 is 2.38 bits per heavy atom. The number of aryl methyl sites for hydroxylation is 1. The lowest BCUT2D eigenvalue weighted by atomic mass is 9.89. The second-order valence-electron chi connectivity index (χ2n) is 8.42. The number of aliphatic hydroxyl groups is 1. The van der Waals surface area contributed by atoms with Crippen molar-refractivity contribution >= 4 is 17.4 Å². The molecule has 1 aliphatic heterocycles. The summed E-state index contributed by atoms with van der Waals surface area (Å²) in [4.78, 5) is 28.3. The summed E-state index contributed by atoms with van der Waals surface area (Å²) in [6.45, 7) is 1.96. The average molecular weight is 436 g/mol. The van der Waals surface area contributed by atoms with Crippen molar-refractivity contribution in [1.82, 2.24) is 4.90 Å². The van der Waals surface area contributed by atoms with Crippen LogP contribution >= 0.6 is 0 Å². The quantitative estimate of drug-likeness (QED) is 0.416. The van der Waals surface area contributed by atoms with Crippen LogP contribution in [-0.2, 0) is 9.59 Å². The maximum atomic E-state index is 13.3. The van der Waals surface area contributed by atoms with Gasteiger partial charge in [0.25, 0.3) is 11.7 Å². The Bertz CT molecular complexity index is 1070. The normalized spacial score (nSPS) is 21.1. The van der Waals surface area contributed by atoms with Crippen LogP contribution in [0.4, 0.5) is 0 Å². The fraction of sp³-hybridized carbons (Fsp3) is 0.385. The number of rotatable bonds is 5. The molecule has 1 aliphatic carbocycles. The number of ether oxygens (including phenoxy) is 2. The fourth-order valence-electron chi connectivity index (χ4n) is 4.92. The van der Waals surface area contributed by atoms with E-state index >= 15 is 0 Å². The third-order valence-corrected chi connectivity index (χ3v) is 6.60. The van der Waals surface area contributed by atoms with Crippen LogP contribution in [0.3, 0.4) is 0 Å². The number of hydrogen-bond donors (Lipinski definition) is 1. The first-order valence-electron chi connectivity index (χ1n) is 11.1. The summed E-state index contributed by atoms with van der Waals surface area (Å²) >= 11 is 0. The Morgan fingerprint density at radius 1 is 1.00 bits per heavy atom. The number of likely N-dealkylation sites (tertiary alicyclic amines) is 1. The topological polar surface area (TPSA) is 76.1 Å². The van der Waals surface area contributed by atoms with E-state index in [4.69, 9.17) is 9.47 Å². The Labute approximate surface area is 188 Å². The molecule has 2 fully saturated rings. The molecule has 1 heterocycles. The molecule has 4 rings (SSSR count). The molecular formula is C26H29NO5. The molecular weight excluding hydrogens is 406 g/mol. The fourth-order valence-corrected chi connectivity index (χ4v) is 4.92. The zero-order valence-corrected chi connectivity index (χ0v) is 18.8. The molecule has 2 aliphatic rings. The molecule has 0 spiro atoms. The number of nitrogens with zero attached hydrogens (tertiary/aromatic N) is 1. The van der Waals surface area contributed by atoms with Gasteiger partial charge in [-0.25, -0.2) is 0 Å². The smallest absolute Gasteiger partial charge is 0.295 e. The van der Waals surface area contributed by atoms with Crippen LogP contribution < -0.4 is 9.47 Å². The minimum absolute atomic E-state index is 0.0205. The van der Waals surface area contributed by atoms with E-state index < -0.39 is 17.7 Å². The van der Waals surface area contributed by atoms with Gasteiger partial charge in [0.05, 0.1) is 31.4 Å². The van der Waals surface area contributed by atoms with Gasteiger partial charge in [-0.05, 0) is 43.0 Å². The zero-order valence-electron chi connectivity index (χ0n) is 18.8. The average Bonchev–Trinajstić information content (AvgIpc) is 3.09. The van der Waals surface area contributed by atoms with Gasteiger partial charge in [0.15, 0.2) is 0 Å². The molecule has 1 amide bonds. The lowest BCUT2D eigenvalue weighted by molar-refractivity contribution is -0.141. The van der Waals surface area contributed by atoms with Crippen molar-refractivity contribution in [1.29, 1.82) is 0 Å². The largest absolute Gasteiger partial charge is 0.507 e. The van der Waals surface area contributed by atoms with E-state index in [9.17, 15) is 14.7 Å². The number of methoxy groups -OCH3 is 2. The molecule has 32 heavy (non-hydrogen) atoms. The van der Waals surface area contributed by atoms with Crippen LogP contribution in [-0.4, -0.2) is 42.0 Å². The van der Waals surface area contributed by atoms with Crippen LogP contribution in [0.25, 0.3) is 5.76 Å². The molecule has 1 unspecified atom stereocenters. The Hall–Kier alpha value is -3.28. The van der Waals surface area contributed by atoms with E-state index in [0.717, 1.165) is 43.2 Å². The maximum absolute atomic E-state index is 13.3. The molecule has 2 aromatic rings. The monoisotopic (exact) mass is 435 g/mol. The van der Waals surface area contributed by atoms with Crippen molar-refractivity contribution in [2.24, 2.45) is 0 Å². The first kappa shape index (κ1) is 21.9. The van der Waals surface area contributed by atoms with Crippen molar-refractivity contribution < 1.29 is 24.2 Å². The predicted octanol–water partition coefficient (Wildman–Crippen LogP) is 4.77. The lowest BCUT2D eigenvalue weighted by Crippen LogP contribution is -2.40. The van der Waals surface area contributed by atoms with Crippen LogP contribution in [0, 0.1) is 6.92 Å². The van der Waals surface area contributed by atoms with Gasteiger partial charge >= 0.3 is 0 Å². The SMILES string of the molecule is COc1ccc(/C(O)=C2\C(=O)C(=O)N(C3CCCCC3)C2c2ccccc2C)c(OC)c1. The first-order valence-corrected chi connectivity index (χ1v) is 11.1. The predicted molar refractivity (Wildman–Crippen MR) is 122 cm³/mol. The number of amides is 1. The third-order valence-electron chi connectivity index (χ3n) is 6.60. The van der Waals surface area contributed by atoms with Gasteiger partial charge in [0.1, 0.15) is 17.3 Å². The van der Waals surface area contributed by atoms with E-state index in [-0.39, 0.29) is 17.4 Å². The van der Waals surface area contributed by atoms with Crippen molar-refractivity contribution in [3.63, 3.8) is 0 Å². The van der Waals surface area contributed by atoms with Crippen molar-refractivity contribution in [3.05, 3.63) is 64.7 Å². The van der Waals surface area contributed by atoms with Crippen LogP contribution in [0.5, 0.6) is 11.5 Å². The highest BCUT2D eigenvalue weighted by molar-refractivity contribution is 6.46. The molecule has 1 N–H and O–H groups in total. The summed E-state index contributed by atoms with van der Waals surface area (Å²) in [6, 6.07) is 12.1. The summed E-state index contributed by atoms with van der Waals surface area (Å²) in [5, 5.41) is 11.4. The minimum atomic E-state index is -0.654. The molecule has 6 nitrogen and oxygen atoms in total. The first-order chi connectivity index (χ1) is 15.5. The highest BCUT2D eigenvalue weighted by atomic mass is 16.5. The second-order valence-corrected chi connectivity index (χ2v) is 8.42. The zero-order chi connectivity index (χ0) is 22.8. The Morgan fingerprint density at radius 2 is 1.72 bits per heavy atom. The van der Waals surface area contributed by atoms with Gasteiger partial charge in [0, 0.05) is 12.1 Å². The van der Waals surface area contributed by atoms with Crippen molar-refractivity contribution in [2.45, 2.75) is 51.1 Å². The molecule has 0 bridgehead atoms. The van der Waals surface area contributed by atoms with Gasteiger partial charge in [-0.15, -0.1) is 0 Å². The van der Waals surface area contributed by atoms with Crippen molar-refractivity contribution in [3.8, 4) is 11.5 Å². The molecule has 0 radical (unpaired) electrons. The van der Waals surface area contributed by atoms with Crippen LogP contribution in [0.2, 0.25) is 0 Å². The van der Waals surface area contributed by atoms with E-state index in [2.05, 4.69) is 0 Å².